The second-order valence-electron chi connectivity index (χ2n) is 3.88. The van der Waals surface area contributed by atoms with Crippen LogP contribution in [0.25, 0.3) is 0 Å². The molecule has 0 saturated carbocycles. The Labute approximate surface area is 114 Å². The number of alkyl carbamates (subject to hydrolysis) is 1. The zero-order chi connectivity index (χ0) is 12.6. The van der Waals surface area contributed by atoms with E-state index >= 15 is 0 Å². The Hall–Kier alpha value is -1.07. The second-order valence-corrected chi connectivity index (χ2v) is 4.29. The molecule has 0 aliphatic carbocycles. The first-order valence-corrected chi connectivity index (χ1v) is 5.36. The van der Waals surface area contributed by atoms with Gasteiger partial charge < -0.3 is 10.1 Å². The van der Waals surface area contributed by atoms with Crippen molar-refractivity contribution in [2.45, 2.75) is 18.9 Å². The van der Waals surface area contributed by atoms with E-state index in [4.69, 9.17) is 11.6 Å². The van der Waals surface area contributed by atoms with Crippen LogP contribution >= 0.6 is 24.0 Å². The summed E-state index contributed by atoms with van der Waals surface area (Å²) in [4.78, 5) is 11.0. The minimum absolute atomic E-state index is 0. The smallest absolute Gasteiger partial charge is 0.408 e. The Morgan fingerprint density at radius 1 is 1.50 bits per heavy atom. The molecule has 1 heterocycles. The van der Waals surface area contributed by atoms with Crippen LogP contribution < -0.4 is 5.32 Å². The van der Waals surface area contributed by atoms with Crippen molar-refractivity contribution in [1.82, 2.24) is 5.32 Å². The van der Waals surface area contributed by atoms with Crippen molar-refractivity contribution in [3.05, 3.63) is 34.3 Å². The monoisotopic (exact) mass is 297 g/mol. The van der Waals surface area contributed by atoms with Crippen LogP contribution in [0.1, 0.15) is 17.2 Å². The lowest BCUT2D eigenvalue weighted by atomic mass is 9.96. The molecule has 0 bridgehead atoms. The lowest BCUT2D eigenvalue weighted by Crippen LogP contribution is -2.49. The normalized spacial score (nSPS) is 21.6. The fraction of sp³-hybridized carbons (Fsp3) is 0.364. The maximum Gasteiger partial charge on any atom is 0.408 e. The van der Waals surface area contributed by atoms with E-state index in [1.54, 1.807) is 19.1 Å². The van der Waals surface area contributed by atoms with Crippen molar-refractivity contribution in [1.29, 1.82) is 0 Å². The lowest BCUT2D eigenvalue weighted by Gasteiger charge is -2.33. The van der Waals surface area contributed by atoms with Gasteiger partial charge >= 0.3 is 12.0 Å². The van der Waals surface area contributed by atoms with Gasteiger partial charge in [0.15, 0.2) is 6.61 Å². The number of benzene rings is 1. The van der Waals surface area contributed by atoms with Gasteiger partial charge in [-0.2, -0.15) is 0 Å². The van der Waals surface area contributed by atoms with E-state index in [1.807, 2.05) is 0 Å². The maximum absolute atomic E-state index is 13.7. The van der Waals surface area contributed by atoms with Gasteiger partial charge in [0.25, 0.3) is 0 Å². The second kappa shape index (κ2) is 5.28. The summed E-state index contributed by atoms with van der Waals surface area (Å²) in [6, 6.07) is 3.40. The third-order valence-corrected chi connectivity index (χ3v) is 2.97. The number of hydrogen-bond donors (Lipinski definition) is 1. The molecule has 0 spiro atoms. The number of aryl methyl sites for hydroxylation is 1. The Balaban J connectivity index is 0.00000162. The molecule has 0 radical (unpaired) electrons. The number of halogens is 4. The van der Waals surface area contributed by atoms with Crippen molar-refractivity contribution in [3.8, 4) is 0 Å². The summed E-state index contributed by atoms with van der Waals surface area (Å²) in [5.41, 5.74) is 0.834. The Bertz CT molecular complexity index is 448. The van der Waals surface area contributed by atoms with E-state index < -0.39 is 24.7 Å². The van der Waals surface area contributed by atoms with Crippen LogP contribution in [0.15, 0.2) is 18.2 Å². The highest BCUT2D eigenvalue weighted by Gasteiger charge is 2.47. The van der Waals surface area contributed by atoms with Gasteiger partial charge in [-0.25, -0.2) is 13.6 Å². The van der Waals surface area contributed by atoms with E-state index in [0.717, 1.165) is 0 Å². The van der Waals surface area contributed by atoms with Crippen LogP contribution in [0.2, 0.25) is 5.02 Å². The van der Waals surface area contributed by atoms with Gasteiger partial charge in [-0.1, -0.05) is 23.7 Å². The first-order chi connectivity index (χ1) is 7.92. The predicted octanol–water partition coefficient (Wildman–Crippen LogP) is 3.49. The molecule has 1 fully saturated rings. The van der Waals surface area contributed by atoms with Crippen molar-refractivity contribution < 1.29 is 18.3 Å². The quantitative estimate of drug-likeness (QED) is 0.862. The number of carbonyl (C=O) groups is 1. The number of hydrogen-bond acceptors (Lipinski definition) is 2. The Morgan fingerprint density at radius 2 is 2.17 bits per heavy atom. The van der Waals surface area contributed by atoms with Crippen LogP contribution in [-0.2, 0) is 4.74 Å². The molecule has 0 aromatic heterocycles. The number of cyclic esters (lactones) is 1. The molecular weight excluding hydrogens is 287 g/mol. The van der Waals surface area contributed by atoms with Crippen molar-refractivity contribution >= 4 is 30.1 Å². The molecule has 1 aromatic carbocycles. The highest BCUT2D eigenvalue weighted by Crippen LogP contribution is 2.38. The standard InChI is InChI=1S/C11H10ClF2NO2.ClH/c1-6-3-2-4-7(12)8(6)9-11(13,14)5-17-10(16)15-9;/h2-4,9H,5H2,1H3,(H,15,16);1H/t9-;/m1./s1. The number of nitrogens with one attached hydrogen (secondary N) is 1. The van der Waals surface area contributed by atoms with Gasteiger partial charge in [-0.05, 0) is 18.6 Å². The summed E-state index contributed by atoms with van der Waals surface area (Å²) >= 11 is 5.91. The highest BCUT2D eigenvalue weighted by atomic mass is 35.5. The minimum atomic E-state index is -3.18. The number of carbonyl (C=O) groups excluding carboxylic acids is 1. The van der Waals surface area contributed by atoms with Crippen molar-refractivity contribution in [3.63, 3.8) is 0 Å². The predicted molar refractivity (Wildman–Crippen MR) is 65.6 cm³/mol. The van der Waals surface area contributed by atoms with E-state index in [0.29, 0.717) is 5.56 Å². The summed E-state index contributed by atoms with van der Waals surface area (Å²) in [5.74, 6) is -3.18. The summed E-state index contributed by atoms with van der Waals surface area (Å²) < 4.78 is 31.7. The number of ether oxygens (including phenoxy) is 1. The van der Waals surface area contributed by atoms with Crippen molar-refractivity contribution in [2.75, 3.05) is 6.61 Å². The fourth-order valence-electron chi connectivity index (χ4n) is 1.80. The topological polar surface area (TPSA) is 38.3 Å². The van der Waals surface area contributed by atoms with Gasteiger partial charge in [-0.3, -0.25) is 0 Å². The maximum atomic E-state index is 13.7. The zero-order valence-electron chi connectivity index (χ0n) is 9.38. The molecule has 2 rings (SSSR count). The first-order valence-electron chi connectivity index (χ1n) is 4.98. The third-order valence-electron chi connectivity index (χ3n) is 2.64. The highest BCUT2D eigenvalue weighted by molar-refractivity contribution is 6.31. The molecule has 7 heteroatoms. The van der Waals surface area contributed by atoms with Crippen LogP contribution in [-0.4, -0.2) is 18.6 Å². The average Bonchev–Trinajstić information content (AvgIpc) is 2.23. The molecule has 1 saturated heterocycles. The summed E-state index contributed by atoms with van der Waals surface area (Å²) in [6.07, 6.45) is -0.861. The minimum Gasteiger partial charge on any atom is -0.443 e. The van der Waals surface area contributed by atoms with Crippen molar-refractivity contribution in [2.24, 2.45) is 0 Å². The largest absolute Gasteiger partial charge is 0.443 e. The van der Waals surface area contributed by atoms with E-state index in [-0.39, 0.29) is 23.0 Å². The van der Waals surface area contributed by atoms with Gasteiger partial charge in [0.1, 0.15) is 6.04 Å². The SMILES string of the molecule is Cc1cccc(Cl)c1[C@H]1NC(=O)OCC1(F)F.Cl. The third kappa shape index (κ3) is 2.67. The van der Waals surface area contributed by atoms with Gasteiger partial charge in [0.2, 0.25) is 0 Å². The molecule has 100 valence electrons. The molecular formula is C11H11Cl2F2NO2. The molecule has 1 N–H and O–H groups in total. The van der Waals surface area contributed by atoms with E-state index in [1.165, 1.54) is 6.07 Å². The van der Waals surface area contributed by atoms with Gasteiger partial charge in [0, 0.05) is 10.6 Å². The molecule has 1 atom stereocenters. The summed E-state index contributed by atoms with van der Waals surface area (Å²) in [5, 5.41) is 2.31. The summed E-state index contributed by atoms with van der Waals surface area (Å²) in [7, 11) is 0. The molecule has 1 amide bonds. The first kappa shape index (κ1) is 15.0. The molecule has 1 aliphatic rings. The molecule has 3 nitrogen and oxygen atoms in total. The van der Waals surface area contributed by atoms with E-state index in [2.05, 4.69) is 10.1 Å². The fourth-order valence-corrected chi connectivity index (χ4v) is 2.13. The average molecular weight is 298 g/mol. The Kier molecular flexibility index (Phi) is 4.40. The number of alkyl halides is 2. The number of amides is 1. The van der Waals surface area contributed by atoms with Crippen LogP contribution in [0.3, 0.4) is 0 Å². The van der Waals surface area contributed by atoms with Crippen LogP contribution in [0.5, 0.6) is 0 Å². The lowest BCUT2D eigenvalue weighted by molar-refractivity contribution is -0.104. The molecule has 1 aromatic rings. The van der Waals surface area contributed by atoms with Crippen LogP contribution in [0, 0.1) is 6.92 Å². The summed E-state index contributed by atoms with van der Waals surface area (Å²) in [6.45, 7) is 0.729. The number of rotatable bonds is 1. The Morgan fingerprint density at radius 3 is 2.78 bits per heavy atom. The van der Waals surface area contributed by atoms with E-state index in [9.17, 15) is 13.6 Å². The van der Waals surface area contributed by atoms with Crippen LogP contribution in [0.4, 0.5) is 13.6 Å². The molecule has 1 aliphatic heterocycles. The van der Waals surface area contributed by atoms with Gasteiger partial charge in [-0.15, -0.1) is 12.4 Å². The molecule has 0 unspecified atom stereocenters. The zero-order valence-corrected chi connectivity index (χ0v) is 10.9. The molecule has 18 heavy (non-hydrogen) atoms. The van der Waals surface area contributed by atoms with Gasteiger partial charge in [0.05, 0.1) is 0 Å².